The van der Waals surface area contributed by atoms with Gasteiger partial charge >= 0.3 is 6.09 Å². The maximum atomic E-state index is 13.1. The molecule has 0 aliphatic carbocycles. The molecule has 0 aromatic carbocycles. The Bertz CT molecular complexity index is 992. The van der Waals surface area contributed by atoms with Gasteiger partial charge in [0.05, 0.1) is 51.3 Å². The van der Waals surface area contributed by atoms with E-state index in [1.54, 1.807) is 4.90 Å². The van der Waals surface area contributed by atoms with E-state index in [4.69, 9.17) is 24.0 Å². The van der Waals surface area contributed by atoms with Gasteiger partial charge in [-0.2, -0.15) is 4.89 Å². The van der Waals surface area contributed by atoms with Crippen LogP contribution in [0.2, 0.25) is 0 Å². The normalized spacial score (nSPS) is 20.4. The molecular formula is C40H82N6O11. The molecule has 5 N–H and O–H groups in total. The van der Waals surface area contributed by atoms with Gasteiger partial charge in [-0.3, -0.25) is 24.5 Å². The fraction of sp³-hybridized carbons (Fsp3) is 0.925. The number of ether oxygens (including phenoxy) is 3. The van der Waals surface area contributed by atoms with E-state index in [0.717, 1.165) is 0 Å². The minimum atomic E-state index is -0.627. The van der Waals surface area contributed by atoms with Crippen molar-refractivity contribution in [3.63, 3.8) is 0 Å². The van der Waals surface area contributed by atoms with Crippen molar-refractivity contribution in [1.29, 1.82) is 0 Å². The summed E-state index contributed by atoms with van der Waals surface area (Å²) in [5.74, 6) is 0. The highest BCUT2D eigenvalue weighted by Crippen LogP contribution is 2.09. The Kier molecular flexibility index (Phi) is 31.6. The van der Waals surface area contributed by atoms with Crippen molar-refractivity contribution in [2.24, 2.45) is 0 Å². The number of aliphatic hydroxyl groups is 5. The number of carbonyl (C=O) groups is 1. The Hall–Kier alpha value is -1.87. The van der Waals surface area contributed by atoms with Crippen molar-refractivity contribution in [3.8, 4) is 0 Å². The van der Waals surface area contributed by atoms with Gasteiger partial charge in [0.15, 0.2) is 6.26 Å². The Morgan fingerprint density at radius 1 is 0.526 bits per heavy atom. The molecule has 1 aliphatic heterocycles. The highest BCUT2D eigenvalue weighted by Gasteiger charge is 2.23. The van der Waals surface area contributed by atoms with Crippen LogP contribution in [0.15, 0.2) is 12.5 Å². The molecule has 0 aromatic rings. The predicted octanol–water partition coefficient (Wildman–Crippen LogP) is 0.886. The van der Waals surface area contributed by atoms with Crippen molar-refractivity contribution in [1.82, 2.24) is 29.4 Å². The average Bonchev–Trinajstić information content (AvgIpc) is 3.21. The molecule has 1 amide bonds. The van der Waals surface area contributed by atoms with Gasteiger partial charge in [0.1, 0.15) is 12.9 Å². The third-order valence-electron chi connectivity index (χ3n) is 10.4. The molecule has 1 rings (SSSR count). The molecule has 338 valence electrons. The predicted molar refractivity (Wildman–Crippen MR) is 221 cm³/mol. The molecule has 57 heavy (non-hydrogen) atoms. The summed E-state index contributed by atoms with van der Waals surface area (Å²) in [5, 5.41) is 54.0. The van der Waals surface area contributed by atoms with Crippen LogP contribution in [-0.2, 0) is 24.0 Å². The molecule has 1 fully saturated rings. The molecule has 17 heteroatoms. The van der Waals surface area contributed by atoms with E-state index in [0.29, 0.717) is 163 Å². The number of β-amino-alcohol motifs (C(OH)–C–C–N with tert-alkyl or cyclic N) is 5. The van der Waals surface area contributed by atoms with Crippen molar-refractivity contribution in [2.75, 3.05) is 145 Å². The smallest absolute Gasteiger partial charge is 0.409 e. The number of aliphatic hydroxyl groups excluding tert-OH is 5. The van der Waals surface area contributed by atoms with Crippen molar-refractivity contribution in [2.45, 2.75) is 96.7 Å². The molecule has 5 unspecified atom stereocenters. The largest absolute Gasteiger partial charge is 0.501 e. The summed E-state index contributed by atoms with van der Waals surface area (Å²) in [5.41, 5.74) is 0. The van der Waals surface area contributed by atoms with Crippen LogP contribution < -0.4 is 0 Å². The Morgan fingerprint density at radius 3 is 1.25 bits per heavy atom. The van der Waals surface area contributed by atoms with E-state index in [2.05, 4.69) is 24.5 Å². The second-order valence-electron chi connectivity index (χ2n) is 15.0. The molecule has 0 spiro atoms. The summed E-state index contributed by atoms with van der Waals surface area (Å²) in [6, 6.07) is 0. The molecule has 1 aliphatic rings. The van der Waals surface area contributed by atoms with Crippen LogP contribution in [0.1, 0.15) is 66.2 Å². The number of hydrogen-bond donors (Lipinski definition) is 5. The van der Waals surface area contributed by atoms with E-state index in [9.17, 15) is 30.3 Å². The molecule has 0 aromatic heterocycles. The van der Waals surface area contributed by atoms with Gasteiger partial charge in [-0.1, -0.05) is 27.7 Å². The summed E-state index contributed by atoms with van der Waals surface area (Å²) in [6.07, 6.45) is 3.31. The van der Waals surface area contributed by atoms with Crippen LogP contribution in [0.3, 0.4) is 0 Å². The third-order valence-corrected chi connectivity index (χ3v) is 10.4. The lowest BCUT2D eigenvalue weighted by Crippen LogP contribution is -2.50. The van der Waals surface area contributed by atoms with Gasteiger partial charge in [-0.25, -0.2) is 4.79 Å². The monoisotopic (exact) mass is 823 g/mol. The number of rotatable bonds is 24. The van der Waals surface area contributed by atoms with Crippen LogP contribution in [-0.4, -0.2) is 237 Å². The molecule has 1 saturated heterocycles. The Balaban J connectivity index is 3.26. The van der Waals surface area contributed by atoms with Gasteiger partial charge in [0.2, 0.25) is 0 Å². The van der Waals surface area contributed by atoms with E-state index < -0.39 is 36.6 Å². The van der Waals surface area contributed by atoms with Crippen LogP contribution in [0.5, 0.6) is 0 Å². The zero-order valence-electron chi connectivity index (χ0n) is 36.3. The minimum absolute atomic E-state index is 0.250. The van der Waals surface area contributed by atoms with Crippen LogP contribution in [0.25, 0.3) is 0 Å². The first kappa shape index (κ1) is 53.1. The zero-order valence-corrected chi connectivity index (χ0v) is 36.3. The number of carbonyl (C=O) groups excluding carboxylic acids is 1. The molecule has 1 heterocycles. The lowest BCUT2D eigenvalue weighted by Gasteiger charge is -2.35. The van der Waals surface area contributed by atoms with Gasteiger partial charge in [0, 0.05) is 118 Å². The van der Waals surface area contributed by atoms with Crippen LogP contribution in [0.4, 0.5) is 4.79 Å². The molecule has 5 atom stereocenters. The Labute approximate surface area is 343 Å². The van der Waals surface area contributed by atoms with Crippen molar-refractivity contribution in [3.05, 3.63) is 12.5 Å². The summed E-state index contributed by atoms with van der Waals surface area (Å²) in [6.45, 7) is 18.4. The number of nitrogens with zero attached hydrogens (tertiary/aromatic N) is 6. The SMILES string of the molecule is CCC(O)CN1CCN(CC(O)CC)CCN(CC(O)CC)CCN(C(=O)OC)CCN(CC(O)CCCOCCOO/C=C\OC)CCN(CC(O)CC)CC1. The van der Waals surface area contributed by atoms with E-state index in [1.165, 1.54) is 26.7 Å². The highest BCUT2D eigenvalue weighted by molar-refractivity contribution is 5.67. The molecule has 0 radical (unpaired) electrons. The number of amides is 1. The molecular weight excluding hydrogens is 740 g/mol. The average molecular weight is 823 g/mol. The van der Waals surface area contributed by atoms with E-state index >= 15 is 0 Å². The maximum Gasteiger partial charge on any atom is 0.409 e. The minimum Gasteiger partial charge on any atom is -0.501 e. The fourth-order valence-electron chi connectivity index (χ4n) is 6.43. The quantitative estimate of drug-likeness (QED) is 0.0400. The van der Waals surface area contributed by atoms with Gasteiger partial charge in [-0.15, -0.1) is 0 Å². The highest BCUT2D eigenvalue weighted by atomic mass is 17.2. The first-order chi connectivity index (χ1) is 27.5. The second kappa shape index (κ2) is 33.9. The van der Waals surface area contributed by atoms with Crippen molar-refractivity contribution < 1.29 is 54.3 Å². The summed E-state index contributed by atoms with van der Waals surface area (Å²) in [4.78, 5) is 35.7. The topological polar surface area (TPSA) is 184 Å². The summed E-state index contributed by atoms with van der Waals surface area (Å²) in [7, 11) is 2.89. The van der Waals surface area contributed by atoms with Crippen molar-refractivity contribution >= 4 is 6.09 Å². The first-order valence-electron chi connectivity index (χ1n) is 21.4. The lowest BCUT2D eigenvalue weighted by molar-refractivity contribution is -0.256. The molecule has 17 nitrogen and oxygen atoms in total. The van der Waals surface area contributed by atoms with Crippen LogP contribution >= 0.6 is 0 Å². The fourth-order valence-corrected chi connectivity index (χ4v) is 6.43. The number of hydrogen-bond acceptors (Lipinski definition) is 16. The van der Waals surface area contributed by atoms with Gasteiger partial charge in [-0.05, 0) is 38.5 Å². The molecule has 0 bridgehead atoms. The van der Waals surface area contributed by atoms with Gasteiger partial charge < -0.3 is 49.5 Å². The van der Waals surface area contributed by atoms with Gasteiger partial charge in [0.25, 0.3) is 0 Å². The zero-order chi connectivity index (χ0) is 42.3. The second-order valence-corrected chi connectivity index (χ2v) is 15.0. The summed E-state index contributed by atoms with van der Waals surface area (Å²) < 4.78 is 15.6. The number of methoxy groups -OCH3 is 2. The van der Waals surface area contributed by atoms with E-state index in [1.807, 2.05) is 27.7 Å². The Morgan fingerprint density at radius 2 is 0.895 bits per heavy atom. The standard InChI is InChI=1S/C40H82N6O11/c1-7-35(47)30-41-13-15-42(31-36(48)8-2)17-19-44(33-38(50)10-4)21-23-46(40(52)54-6)24-22-45(20-18-43(16-14-41)32-37(49)9-3)34-39(51)12-11-25-55-27-29-57-56-28-26-53-5/h26,28,35-39,47-51H,7-25,27,29-34H2,1-6H3/b28-26-. The third kappa shape index (κ3) is 26.8. The first-order valence-corrected chi connectivity index (χ1v) is 21.4. The maximum absolute atomic E-state index is 13.1. The summed E-state index contributed by atoms with van der Waals surface area (Å²) >= 11 is 0. The van der Waals surface area contributed by atoms with E-state index in [-0.39, 0.29) is 6.61 Å². The molecule has 0 saturated carbocycles. The van der Waals surface area contributed by atoms with Crippen LogP contribution in [0, 0.1) is 0 Å². The lowest BCUT2D eigenvalue weighted by atomic mass is 10.2.